The number of nitro groups is 1. The molecule has 1 N–H and O–H groups in total. The van der Waals surface area contributed by atoms with E-state index in [2.05, 4.69) is 25.3 Å². The maximum absolute atomic E-state index is 10.8. The van der Waals surface area contributed by atoms with Crippen molar-refractivity contribution in [3.8, 4) is 0 Å². The van der Waals surface area contributed by atoms with Crippen LogP contribution in [0.4, 0.5) is 11.5 Å². The van der Waals surface area contributed by atoms with Gasteiger partial charge in [-0.05, 0) is 6.07 Å². The van der Waals surface area contributed by atoms with E-state index >= 15 is 0 Å². The van der Waals surface area contributed by atoms with Gasteiger partial charge in [0.1, 0.15) is 12.2 Å². The number of halogens is 1. The van der Waals surface area contributed by atoms with Crippen LogP contribution in [0.1, 0.15) is 5.82 Å². The van der Waals surface area contributed by atoms with Crippen LogP contribution in [0.25, 0.3) is 0 Å². The highest BCUT2D eigenvalue weighted by Crippen LogP contribution is 2.28. The molecule has 0 amide bonds. The average molecular weight is 267 g/mol. The Morgan fingerprint density at radius 2 is 2.00 bits per heavy atom. The Balaban J connectivity index is 2.20. The first-order chi connectivity index (χ1) is 8.68. The minimum Gasteiger partial charge on any atom is -0.357 e. The van der Waals surface area contributed by atoms with Crippen molar-refractivity contribution in [2.45, 2.75) is 6.54 Å². The SMILES string of the molecule is O=[N+]([O-])c1c(Cl)ncnc1NCc1ncccn1. The molecule has 0 aliphatic heterocycles. The topological polar surface area (TPSA) is 107 Å². The Morgan fingerprint density at radius 1 is 1.28 bits per heavy atom. The molecule has 8 nitrogen and oxygen atoms in total. The molecule has 2 aromatic heterocycles. The minimum atomic E-state index is -0.642. The standard InChI is InChI=1S/C9H7ClN6O2/c10-8-7(16(17)18)9(15-5-14-8)13-4-6-11-2-1-3-12-6/h1-3,5H,4H2,(H,13,14,15). The van der Waals surface area contributed by atoms with Crippen LogP contribution < -0.4 is 5.32 Å². The van der Waals surface area contributed by atoms with Gasteiger partial charge in [0.05, 0.1) is 11.5 Å². The van der Waals surface area contributed by atoms with Crippen LogP contribution in [0, 0.1) is 10.1 Å². The number of nitrogens with one attached hydrogen (secondary N) is 1. The third-order valence-electron chi connectivity index (χ3n) is 1.99. The van der Waals surface area contributed by atoms with Crippen LogP contribution in [-0.4, -0.2) is 24.9 Å². The molecule has 0 unspecified atom stereocenters. The van der Waals surface area contributed by atoms with Crippen LogP contribution in [0.3, 0.4) is 0 Å². The zero-order valence-corrected chi connectivity index (χ0v) is 9.70. The molecule has 2 rings (SSSR count). The number of hydrogen-bond acceptors (Lipinski definition) is 7. The van der Waals surface area contributed by atoms with E-state index in [1.54, 1.807) is 18.5 Å². The van der Waals surface area contributed by atoms with Crippen LogP contribution >= 0.6 is 11.6 Å². The minimum absolute atomic E-state index is 0.0347. The smallest absolute Gasteiger partial charge is 0.348 e. The molecule has 0 aliphatic rings. The number of hydrogen-bond donors (Lipinski definition) is 1. The van der Waals surface area contributed by atoms with E-state index in [-0.39, 0.29) is 23.2 Å². The monoisotopic (exact) mass is 266 g/mol. The van der Waals surface area contributed by atoms with Gasteiger partial charge in [-0.3, -0.25) is 10.1 Å². The van der Waals surface area contributed by atoms with Gasteiger partial charge in [0.25, 0.3) is 0 Å². The molecule has 0 atom stereocenters. The third kappa shape index (κ3) is 2.66. The average Bonchev–Trinajstić information content (AvgIpc) is 2.37. The lowest BCUT2D eigenvalue weighted by atomic mass is 10.4. The number of rotatable bonds is 4. The van der Waals surface area contributed by atoms with Gasteiger partial charge in [-0.15, -0.1) is 0 Å². The van der Waals surface area contributed by atoms with E-state index in [1.165, 1.54) is 0 Å². The van der Waals surface area contributed by atoms with Gasteiger partial charge in [-0.2, -0.15) is 0 Å². The molecule has 92 valence electrons. The molecule has 0 saturated carbocycles. The molecule has 2 heterocycles. The van der Waals surface area contributed by atoms with E-state index < -0.39 is 4.92 Å². The molecule has 0 bridgehead atoms. The molecular formula is C9H7ClN6O2. The maximum atomic E-state index is 10.8. The lowest BCUT2D eigenvalue weighted by Crippen LogP contribution is -2.08. The van der Waals surface area contributed by atoms with Crippen molar-refractivity contribution in [2.75, 3.05) is 5.32 Å². The predicted octanol–water partition coefficient (Wildman–Crippen LogP) is 1.44. The summed E-state index contributed by atoms with van der Waals surface area (Å²) in [4.78, 5) is 25.5. The van der Waals surface area contributed by atoms with Crippen LogP contribution in [0.5, 0.6) is 0 Å². The molecule has 18 heavy (non-hydrogen) atoms. The summed E-state index contributed by atoms with van der Waals surface area (Å²) in [5.74, 6) is 0.522. The molecule has 2 aromatic rings. The first-order valence-corrected chi connectivity index (χ1v) is 5.21. The second kappa shape index (κ2) is 5.32. The summed E-state index contributed by atoms with van der Waals surface area (Å²) >= 11 is 5.64. The Hall–Kier alpha value is -2.35. The fourth-order valence-electron chi connectivity index (χ4n) is 1.23. The summed E-state index contributed by atoms with van der Waals surface area (Å²) < 4.78 is 0. The van der Waals surface area contributed by atoms with E-state index in [0.29, 0.717) is 5.82 Å². The molecule has 0 fully saturated rings. The van der Waals surface area contributed by atoms with Gasteiger partial charge >= 0.3 is 5.69 Å². The van der Waals surface area contributed by atoms with Gasteiger partial charge in [-0.25, -0.2) is 19.9 Å². The number of nitrogens with zero attached hydrogens (tertiary/aromatic N) is 5. The predicted molar refractivity (Wildman–Crippen MR) is 63.1 cm³/mol. The number of anilines is 1. The largest absolute Gasteiger partial charge is 0.357 e. The van der Waals surface area contributed by atoms with Gasteiger partial charge in [0.15, 0.2) is 0 Å². The van der Waals surface area contributed by atoms with E-state index in [9.17, 15) is 10.1 Å². The molecule has 0 radical (unpaired) electrons. The fourth-order valence-corrected chi connectivity index (χ4v) is 1.43. The highest BCUT2D eigenvalue weighted by molar-refractivity contribution is 6.31. The lowest BCUT2D eigenvalue weighted by molar-refractivity contribution is -0.384. The Bertz CT molecular complexity index is 564. The van der Waals surface area contributed by atoms with E-state index in [0.717, 1.165) is 6.33 Å². The molecular weight excluding hydrogens is 260 g/mol. The maximum Gasteiger partial charge on any atom is 0.348 e. The van der Waals surface area contributed by atoms with Gasteiger partial charge < -0.3 is 5.32 Å². The van der Waals surface area contributed by atoms with Gasteiger partial charge in [-0.1, -0.05) is 11.6 Å². The molecule has 0 spiro atoms. The molecule has 0 aromatic carbocycles. The highest BCUT2D eigenvalue weighted by Gasteiger charge is 2.21. The quantitative estimate of drug-likeness (QED) is 0.507. The molecule has 0 saturated heterocycles. The van der Waals surface area contributed by atoms with Gasteiger partial charge in [0, 0.05) is 12.4 Å². The summed E-state index contributed by atoms with van der Waals surface area (Å²) in [5.41, 5.74) is -0.366. The second-order valence-electron chi connectivity index (χ2n) is 3.14. The van der Waals surface area contributed by atoms with Crippen LogP contribution in [0.15, 0.2) is 24.8 Å². The van der Waals surface area contributed by atoms with Crippen molar-refractivity contribution >= 4 is 23.1 Å². The first kappa shape index (κ1) is 12.1. The van der Waals surface area contributed by atoms with Crippen molar-refractivity contribution in [2.24, 2.45) is 0 Å². The lowest BCUT2D eigenvalue weighted by Gasteiger charge is -2.04. The van der Waals surface area contributed by atoms with E-state index in [4.69, 9.17) is 11.6 Å². The normalized spacial score (nSPS) is 10.1. The number of aromatic nitrogens is 4. The summed E-state index contributed by atoms with van der Waals surface area (Å²) in [6, 6.07) is 1.67. The van der Waals surface area contributed by atoms with Crippen LogP contribution in [-0.2, 0) is 6.54 Å². The zero-order chi connectivity index (χ0) is 13.0. The van der Waals surface area contributed by atoms with Crippen molar-refractivity contribution in [3.05, 3.63) is 45.9 Å². The first-order valence-electron chi connectivity index (χ1n) is 4.83. The zero-order valence-electron chi connectivity index (χ0n) is 8.95. The molecule has 0 aliphatic carbocycles. The van der Waals surface area contributed by atoms with Crippen molar-refractivity contribution in [1.29, 1.82) is 0 Å². The fraction of sp³-hybridized carbons (Fsp3) is 0.111. The Kier molecular flexibility index (Phi) is 3.58. The highest BCUT2D eigenvalue weighted by atomic mass is 35.5. The summed E-state index contributed by atoms with van der Waals surface area (Å²) in [7, 11) is 0. The van der Waals surface area contributed by atoms with Crippen molar-refractivity contribution in [3.63, 3.8) is 0 Å². The third-order valence-corrected chi connectivity index (χ3v) is 2.27. The van der Waals surface area contributed by atoms with Crippen LogP contribution in [0.2, 0.25) is 5.15 Å². The van der Waals surface area contributed by atoms with Crippen molar-refractivity contribution < 1.29 is 4.92 Å². The summed E-state index contributed by atoms with van der Waals surface area (Å²) in [6.45, 7) is 0.203. The second-order valence-corrected chi connectivity index (χ2v) is 3.50. The van der Waals surface area contributed by atoms with E-state index in [1.807, 2.05) is 0 Å². The summed E-state index contributed by atoms with van der Waals surface area (Å²) in [6.07, 6.45) is 4.29. The summed E-state index contributed by atoms with van der Waals surface area (Å²) in [5, 5.41) is 13.4. The molecule has 9 heteroatoms. The Labute approximate surface area is 106 Å². The Morgan fingerprint density at radius 3 is 2.67 bits per heavy atom. The van der Waals surface area contributed by atoms with Gasteiger partial charge in [0.2, 0.25) is 11.0 Å². The van der Waals surface area contributed by atoms with Crippen molar-refractivity contribution in [1.82, 2.24) is 19.9 Å².